The van der Waals surface area contributed by atoms with Crippen LogP contribution in [0.3, 0.4) is 0 Å². The van der Waals surface area contributed by atoms with E-state index in [0.717, 1.165) is 6.07 Å². The Morgan fingerprint density at radius 2 is 2.05 bits per heavy atom. The average molecular weight is 355 g/mol. The van der Waals surface area contributed by atoms with Gasteiger partial charge in [0.05, 0.1) is 16.6 Å². The molecule has 0 heterocycles. The quantitative estimate of drug-likeness (QED) is 0.791. The Balaban J connectivity index is 3.22. The van der Waals surface area contributed by atoms with Crippen molar-refractivity contribution in [2.45, 2.75) is 24.3 Å². The molecule has 1 aromatic rings. The first-order valence-corrected chi connectivity index (χ1v) is 7.64. The minimum absolute atomic E-state index is 0.00239. The maximum Gasteiger partial charge on any atom is 0.244 e. The van der Waals surface area contributed by atoms with Crippen molar-refractivity contribution in [2.75, 3.05) is 19.5 Å². The van der Waals surface area contributed by atoms with Crippen molar-refractivity contribution >= 4 is 31.6 Å². The zero-order valence-electron chi connectivity index (χ0n) is 10.8. The zero-order chi connectivity index (χ0) is 14.8. The van der Waals surface area contributed by atoms with Crippen molar-refractivity contribution < 1.29 is 17.5 Å². The van der Waals surface area contributed by atoms with Crippen LogP contribution in [0.2, 0.25) is 0 Å². The molecule has 1 aromatic carbocycles. The second-order valence-electron chi connectivity index (χ2n) is 4.74. The highest BCUT2D eigenvalue weighted by Crippen LogP contribution is 2.26. The van der Waals surface area contributed by atoms with Gasteiger partial charge in [-0.15, -0.1) is 0 Å². The molecule has 0 aliphatic heterocycles. The Morgan fingerprint density at radius 3 is 2.58 bits per heavy atom. The number of anilines is 1. The summed E-state index contributed by atoms with van der Waals surface area (Å²) in [6.45, 7) is 3.41. The number of benzene rings is 1. The molecule has 0 aliphatic carbocycles. The van der Waals surface area contributed by atoms with Gasteiger partial charge in [0.1, 0.15) is 4.90 Å². The first-order valence-electron chi connectivity index (χ1n) is 5.36. The number of halogens is 2. The minimum atomic E-state index is -4.03. The smallest absolute Gasteiger partial charge is 0.244 e. The molecule has 0 bridgehead atoms. The molecule has 0 radical (unpaired) electrons. The molecule has 0 saturated heterocycles. The fourth-order valence-electron chi connectivity index (χ4n) is 1.59. The Bertz CT molecular complexity index is 576. The summed E-state index contributed by atoms with van der Waals surface area (Å²) in [7, 11) is -2.58. The Labute approximate surface area is 120 Å². The number of ether oxygens (including phenoxy) is 1. The number of nitrogens with two attached hydrogens (primary N) is 1. The van der Waals surface area contributed by atoms with Crippen molar-refractivity contribution in [3.63, 3.8) is 0 Å². The van der Waals surface area contributed by atoms with Gasteiger partial charge in [-0.2, -0.15) is 0 Å². The van der Waals surface area contributed by atoms with Gasteiger partial charge in [0.25, 0.3) is 0 Å². The van der Waals surface area contributed by atoms with E-state index in [2.05, 4.69) is 20.7 Å². The molecule has 0 saturated carbocycles. The van der Waals surface area contributed by atoms with Gasteiger partial charge < -0.3 is 10.5 Å². The number of rotatable bonds is 5. The summed E-state index contributed by atoms with van der Waals surface area (Å²) in [4.78, 5) is -0.497. The maximum atomic E-state index is 13.9. The van der Waals surface area contributed by atoms with Gasteiger partial charge in [0.2, 0.25) is 10.0 Å². The second kappa shape index (κ2) is 5.74. The standard InChI is InChI=1S/C11H16BrFN2O3S/c1-11(2,6-18-3)15-19(16,17)9-5-7(14)4-8(12)10(9)13/h4-5,15H,6,14H2,1-3H3. The van der Waals surface area contributed by atoms with Gasteiger partial charge >= 0.3 is 0 Å². The molecule has 0 unspecified atom stereocenters. The van der Waals surface area contributed by atoms with Crippen LogP contribution in [-0.4, -0.2) is 27.7 Å². The summed E-state index contributed by atoms with van der Waals surface area (Å²) >= 11 is 2.93. The molecule has 0 amide bonds. The summed E-state index contributed by atoms with van der Waals surface area (Å²) < 4.78 is 45.5. The molecule has 108 valence electrons. The van der Waals surface area contributed by atoms with E-state index < -0.39 is 26.3 Å². The lowest BCUT2D eigenvalue weighted by molar-refractivity contribution is 0.141. The van der Waals surface area contributed by atoms with E-state index in [4.69, 9.17) is 10.5 Å². The van der Waals surface area contributed by atoms with Crippen molar-refractivity contribution in [3.8, 4) is 0 Å². The lowest BCUT2D eigenvalue weighted by atomic mass is 10.1. The van der Waals surface area contributed by atoms with Crippen LogP contribution in [0.25, 0.3) is 0 Å². The summed E-state index contributed by atoms with van der Waals surface area (Å²) in [5, 5.41) is 0. The molecule has 5 nitrogen and oxygen atoms in total. The number of nitrogens with one attached hydrogen (secondary N) is 1. The van der Waals surface area contributed by atoms with Crippen molar-refractivity contribution in [3.05, 3.63) is 22.4 Å². The van der Waals surface area contributed by atoms with Crippen LogP contribution in [0.1, 0.15) is 13.8 Å². The summed E-state index contributed by atoms with van der Waals surface area (Å²) in [6, 6.07) is 2.37. The van der Waals surface area contributed by atoms with Crippen molar-refractivity contribution in [2.24, 2.45) is 0 Å². The Hall–Kier alpha value is -0.700. The molecule has 19 heavy (non-hydrogen) atoms. The first-order chi connectivity index (χ1) is 8.59. The van der Waals surface area contributed by atoms with E-state index in [0.29, 0.717) is 0 Å². The predicted octanol–water partition coefficient (Wildman–Crippen LogP) is 1.87. The highest BCUT2D eigenvalue weighted by molar-refractivity contribution is 9.10. The Morgan fingerprint density at radius 1 is 1.47 bits per heavy atom. The Kier molecular flexibility index (Phi) is 4.94. The topological polar surface area (TPSA) is 81.4 Å². The number of methoxy groups -OCH3 is 1. The molecule has 0 atom stereocenters. The van der Waals surface area contributed by atoms with E-state index in [1.165, 1.54) is 13.2 Å². The lowest BCUT2D eigenvalue weighted by Crippen LogP contribution is -2.46. The van der Waals surface area contributed by atoms with E-state index in [-0.39, 0.29) is 16.8 Å². The van der Waals surface area contributed by atoms with Gasteiger partial charge in [-0.1, -0.05) is 0 Å². The number of hydrogen-bond acceptors (Lipinski definition) is 4. The fourth-order valence-corrected chi connectivity index (χ4v) is 3.73. The zero-order valence-corrected chi connectivity index (χ0v) is 13.2. The molecule has 0 aliphatic rings. The summed E-state index contributed by atoms with van der Waals surface area (Å²) in [5.74, 6) is -0.880. The van der Waals surface area contributed by atoms with Gasteiger partial charge in [-0.3, -0.25) is 0 Å². The molecule has 3 N–H and O–H groups in total. The number of sulfonamides is 1. The predicted molar refractivity (Wildman–Crippen MR) is 74.8 cm³/mol. The summed E-state index contributed by atoms with van der Waals surface area (Å²) in [5.41, 5.74) is 4.82. The highest BCUT2D eigenvalue weighted by Gasteiger charge is 2.29. The average Bonchev–Trinajstić information content (AvgIpc) is 2.21. The molecular formula is C11H16BrFN2O3S. The third-order valence-corrected chi connectivity index (χ3v) is 4.50. The van der Waals surface area contributed by atoms with Crippen LogP contribution in [-0.2, 0) is 14.8 Å². The number of hydrogen-bond donors (Lipinski definition) is 2. The lowest BCUT2D eigenvalue weighted by Gasteiger charge is -2.25. The molecule has 1 rings (SSSR count). The highest BCUT2D eigenvalue weighted by atomic mass is 79.9. The minimum Gasteiger partial charge on any atom is -0.399 e. The molecule has 0 fully saturated rings. The van der Waals surface area contributed by atoms with Crippen LogP contribution in [0.15, 0.2) is 21.5 Å². The first kappa shape index (κ1) is 16.4. The van der Waals surface area contributed by atoms with Crippen LogP contribution in [0.4, 0.5) is 10.1 Å². The van der Waals surface area contributed by atoms with Gasteiger partial charge in [0.15, 0.2) is 5.82 Å². The summed E-state index contributed by atoms with van der Waals surface area (Å²) in [6.07, 6.45) is 0. The van der Waals surface area contributed by atoms with E-state index in [1.807, 2.05) is 0 Å². The monoisotopic (exact) mass is 354 g/mol. The third kappa shape index (κ3) is 4.13. The molecule has 0 spiro atoms. The van der Waals surface area contributed by atoms with E-state index in [1.54, 1.807) is 13.8 Å². The third-order valence-electron chi connectivity index (χ3n) is 2.22. The van der Waals surface area contributed by atoms with Crippen LogP contribution < -0.4 is 10.5 Å². The molecule has 0 aromatic heterocycles. The largest absolute Gasteiger partial charge is 0.399 e. The van der Waals surface area contributed by atoms with Gasteiger partial charge in [0, 0.05) is 12.8 Å². The van der Waals surface area contributed by atoms with Crippen molar-refractivity contribution in [1.82, 2.24) is 4.72 Å². The normalized spacial score (nSPS) is 12.7. The fraction of sp³-hybridized carbons (Fsp3) is 0.455. The van der Waals surface area contributed by atoms with Crippen LogP contribution in [0.5, 0.6) is 0 Å². The van der Waals surface area contributed by atoms with Crippen LogP contribution in [0, 0.1) is 5.82 Å². The van der Waals surface area contributed by atoms with Gasteiger partial charge in [-0.25, -0.2) is 17.5 Å². The molecular weight excluding hydrogens is 339 g/mol. The van der Waals surface area contributed by atoms with Crippen molar-refractivity contribution in [1.29, 1.82) is 0 Å². The molecule has 8 heteroatoms. The SMILES string of the molecule is COCC(C)(C)NS(=O)(=O)c1cc(N)cc(Br)c1F. The maximum absolute atomic E-state index is 13.9. The van der Waals surface area contributed by atoms with E-state index >= 15 is 0 Å². The van der Waals surface area contributed by atoms with E-state index in [9.17, 15) is 12.8 Å². The second-order valence-corrected chi connectivity index (χ2v) is 7.24. The van der Waals surface area contributed by atoms with Crippen LogP contribution >= 0.6 is 15.9 Å². The van der Waals surface area contributed by atoms with Gasteiger partial charge in [-0.05, 0) is 41.9 Å². The number of nitrogen functional groups attached to an aromatic ring is 1.